The van der Waals surface area contributed by atoms with Gasteiger partial charge in [-0.05, 0) is 6.42 Å². The highest BCUT2D eigenvalue weighted by Crippen LogP contribution is 2.43. The summed E-state index contributed by atoms with van der Waals surface area (Å²) in [5, 5.41) is 0. The van der Waals surface area contributed by atoms with Gasteiger partial charge in [-0.25, -0.2) is 4.57 Å². The minimum absolute atomic E-state index is 0.132. The molecule has 1 rings (SSSR count). The van der Waals surface area contributed by atoms with Crippen LogP contribution < -0.4 is 0 Å². The van der Waals surface area contributed by atoms with Crippen molar-refractivity contribution in [3.63, 3.8) is 0 Å². The Morgan fingerprint density at radius 1 is 0.811 bits per heavy atom. The van der Waals surface area contributed by atoms with E-state index in [1.54, 1.807) is 0 Å². The quantitative estimate of drug-likeness (QED) is 0.0579. The summed E-state index contributed by atoms with van der Waals surface area (Å²) < 4.78 is 34.2. The summed E-state index contributed by atoms with van der Waals surface area (Å²) in [6.45, 7) is 6.97. The molecule has 0 bridgehead atoms. The number of rotatable bonds is 25. The number of phosphoric ester groups is 1. The summed E-state index contributed by atoms with van der Waals surface area (Å²) in [4.78, 5) is 21.4. The van der Waals surface area contributed by atoms with Crippen molar-refractivity contribution in [3.05, 3.63) is 0 Å². The van der Waals surface area contributed by atoms with Gasteiger partial charge in [-0.1, -0.05) is 90.4 Å². The maximum Gasteiger partial charge on any atom is 0.472 e. The highest BCUT2D eigenvalue weighted by Gasteiger charge is 2.29. The molecule has 1 aliphatic heterocycles. The third kappa shape index (κ3) is 20.1. The maximum atomic E-state index is 12.2. The molecule has 1 saturated heterocycles. The SMILES string of the molecule is CCCCCCCCCCCCCCCCOC[C@@H](COP(=O)(O)OCC[N+]1(C)CCCC1)OC(C)=O. The predicted octanol–water partition coefficient (Wildman–Crippen LogP) is 6.79. The van der Waals surface area contributed by atoms with Crippen LogP contribution in [0.4, 0.5) is 0 Å². The van der Waals surface area contributed by atoms with Crippen LogP contribution in [0.25, 0.3) is 0 Å². The number of esters is 1. The second kappa shape index (κ2) is 21.3. The van der Waals surface area contributed by atoms with Gasteiger partial charge >= 0.3 is 13.8 Å². The van der Waals surface area contributed by atoms with E-state index in [0.717, 1.165) is 30.4 Å². The Hall–Kier alpha value is -0.500. The third-order valence-corrected chi connectivity index (χ3v) is 8.22. The van der Waals surface area contributed by atoms with Gasteiger partial charge in [0.05, 0.1) is 33.4 Å². The zero-order valence-corrected chi connectivity index (χ0v) is 25.0. The highest BCUT2D eigenvalue weighted by molar-refractivity contribution is 7.47. The van der Waals surface area contributed by atoms with E-state index < -0.39 is 19.9 Å². The molecular weight excluding hydrogens is 493 g/mol. The molecule has 0 aromatic carbocycles. The Morgan fingerprint density at radius 3 is 1.84 bits per heavy atom. The van der Waals surface area contributed by atoms with Crippen LogP contribution in [0.2, 0.25) is 0 Å². The van der Waals surface area contributed by atoms with Gasteiger partial charge in [-0.15, -0.1) is 0 Å². The van der Waals surface area contributed by atoms with E-state index >= 15 is 0 Å². The van der Waals surface area contributed by atoms with Crippen LogP contribution in [-0.4, -0.2) is 74.6 Å². The van der Waals surface area contributed by atoms with E-state index in [0.29, 0.717) is 13.2 Å². The zero-order chi connectivity index (χ0) is 27.2. The van der Waals surface area contributed by atoms with Crippen molar-refractivity contribution >= 4 is 13.8 Å². The van der Waals surface area contributed by atoms with Gasteiger partial charge in [0, 0.05) is 26.4 Å². The van der Waals surface area contributed by atoms with Gasteiger partial charge in [0.1, 0.15) is 19.3 Å². The molecule has 2 atom stereocenters. The fraction of sp³-hybridized carbons (Fsp3) is 0.964. The molecule has 1 aliphatic rings. The lowest BCUT2D eigenvalue weighted by Crippen LogP contribution is -2.43. The second-order valence-corrected chi connectivity index (χ2v) is 12.5. The largest absolute Gasteiger partial charge is 0.472 e. The van der Waals surface area contributed by atoms with Crippen molar-refractivity contribution in [3.8, 4) is 0 Å². The number of phosphoric acid groups is 1. The first-order chi connectivity index (χ1) is 17.8. The number of unbranched alkanes of at least 4 members (excludes halogenated alkanes) is 13. The topological polar surface area (TPSA) is 91.3 Å². The molecule has 8 nitrogen and oxygen atoms in total. The molecule has 9 heteroatoms. The van der Waals surface area contributed by atoms with Crippen LogP contribution in [0.3, 0.4) is 0 Å². The average Bonchev–Trinajstić information content (AvgIpc) is 3.28. The predicted molar refractivity (Wildman–Crippen MR) is 148 cm³/mol. The van der Waals surface area contributed by atoms with E-state index in [4.69, 9.17) is 18.5 Å². The van der Waals surface area contributed by atoms with E-state index in [1.807, 2.05) is 0 Å². The summed E-state index contributed by atoms with van der Waals surface area (Å²) in [5.41, 5.74) is 0. The maximum absolute atomic E-state index is 12.2. The number of carbonyl (C=O) groups is 1. The first-order valence-electron chi connectivity index (χ1n) is 15.0. The van der Waals surface area contributed by atoms with E-state index in [-0.39, 0.29) is 19.8 Å². The molecule has 0 saturated carbocycles. The number of likely N-dealkylation sites (N-methyl/N-ethyl adjacent to an activating group) is 1. The molecule has 37 heavy (non-hydrogen) atoms. The van der Waals surface area contributed by atoms with Crippen molar-refractivity contribution in [2.24, 2.45) is 0 Å². The number of ether oxygens (including phenoxy) is 2. The first kappa shape index (κ1) is 34.5. The van der Waals surface area contributed by atoms with Gasteiger partial charge in [0.15, 0.2) is 0 Å². The normalized spacial score (nSPS) is 17.5. The van der Waals surface area contributed by atoms with Crippen LogP contribution >= 0.6 is 7.82 Å². The lowest BCUT2D eigenvalue weighted by atomic mass is 10.0. The van der Waals surface area contributed by atoms with Crippen molar-refractivity contribution in [2.45, 2.75) is 123 Å². The molecular formula is C28H57NO7P+. The molecule has 220 valence electrons. The van der Waals surface area contributed by atoms with Gasteiger partial charge in [0.25, 0.3) is 0 Å². The summed E-state index contributed by atoms with van der Waals surface area (Å²) >= 11 is 0. The number of hydrogen-bond acceptors (Lipinski definition) is 6. The van der Waals surface area contributed by atoms with Gasteiger partial charge in [-0.2, -0.15) is 0 Å². The fourth-order valence-corrected chi connectivity index (χ4v) is 5.62. The molecule has 1 N–H and O–H groups in total. The third-order valence-electron chi connectivity index (χ3n) is 7.23. The van der Waals surface area contributed by atoms with Crippen molar-refractivity contribution in [1.29, 1.82) is 0 Å². The Kier molecular flexibility index (Phi) is 19.9. The summed E-state index contributed by atoms with van der Waals surface area (Å²) in [6.07, 6.45) is 19.8. The fourth-order valence-electron chi connectivity index (χ4n) is 4.88. The molecule has 0 aromatic rings. The van der Waals surface area contributed by atoms with Gasteiger partial charge in [-0.3, -0.25) is 13.8 Å². The Morgan fingerprint density at radius 2 is 1.32 bits per heavy atom. The van der Waals surface area contributed by atoms with E-state index in [2.05, 4.69) is 14.0 Å². The molecule has 0 aromatic heterocycles. The van der Waals surface area contributed by atoms with E-state index in [1.165, 1.54) is 96.8 Å². The van der Waals surface area contributed by atoms with Crippen LogP contribution in [0.15, 0.2) is 0 Å². The van der Waals surface area contributed by atoms with Crippen LogP contribution in [0.5, 0.6) is 0 Å². The molecule has 1 unspecified atom stereocenters. The summed E-state index contributed by atoms with van der Waals surface area (Å²) in [5.74, 6) is -0.478. The van der Waals surface area contributed by atoms with Crippen LogP contribution in [0.1, 0.15) is 117 Å². The van der Waals surface area contributed by atoms with Crippen LogP contribution in [0, 0.1) is 0 Å². The highest BCUT2D eigenvalue weighted by atomic mass is 31.2. The zero-order valence-electron chi connectivity index (χ0n) is 24.1. The Balaban J connectivity index is 2.04. The van der Waals surface area contributed by atoms with Crippen molar-refractivity contribution < 1.29 is 37.3 Å². The number of likely N-dealkylation sites (tertiary alicyclic amines) is 1. The number of nitrogens with zero attached hydrogens (tertiary/aromatic N) is 1. The Labute approximate surface area is 227 Å². The standard InChI is InChI=1S/C28H56NO7P/c1-4-5-6-7-8-9-10-11-12-13-14-15-16-19-23-33-25-28(36-27(2)30)26-35-37(31,32)34-24-22-29(3)20-17-18-21-29/h28H,4-26H2,1-3H3/p+1/t28-/m0/s1. The minimum Gasteiger partial charge on any atom is -0.458 e. The molecule has 0 radical (unpaired) electrons. The number of quaternary nitrogens is 1. The number of carbonyl (C=O) groups excluding carboxylic acids is 1. The Bertz CT molecular complexity index is 613. The second-order valence-electron chi connectivity index (χ2n) is 11.0. The van der Waals surface area contributed by atoms with E-state index in [9.17, 15) is 14.3 Å². The average molecular weight is 551 g/mol. The molecule has 0 spiro atoms. The van der Waals surface area contributed by atoms with Gasteiger partial charge in [0.2, 0.25) is 0 Å². The first-order valence-corrected chi connectivity index (χ1v) is 16.5. The molecule has 1 heterocycles. The lowest BCUT2D eigenvalue weighted by Gasteiger charge is -2.29. The monoisotopic (exact) mass is 550 g/mol. The minimum atomic E-state index is -4.21. The molecule has 1 fully saturated rings. The van der Waals surface area contributed by atoms with Crippen LogP contribution in [-0.2, 0) is 27.9 Å². The molecule has 0 aliphatic carbocycles. The smallest absolute Gasteiger partial charge is 0.458 e. The van der Waals surface area contributed by atoms with Crippen molar-refractivity contribution in [1.82, 2.24) is 0 Å². The lowest BCUT2D eigenvalue weighted by molar-refractivity contribution is -0.897. The summed E-state index contributed by atoms with van der Waals surface area (Å²) in [6, 6.07) is 0. The van der Waals surface area contributed by atoms with Gasteiger partial charge < -0.3 is 18.9 Å². The van der Waals surface area contributed by atoms with Crippen molar-refractivity contribution in [2.75, 3.05) is 53.1 Å². The molecule has 0 amide bonds. The summed E-state index contributed by atoms with van der Waals surface area (Å²) in [7, 11) is -2.08. The number of hydrogen-bond donors (Lipinski definition) is 1.